The Labute approximate surface area is 145 Å². The molecule has 2 rings (SSSR count). The van der Waals surface area contributed by atoms with E-state index in [1.807, 2.05) is 13.0 Å². The Kier molecular flexibility index (Phi) is 6.09. The fourth-order valence-electron chi connectivity index (χ4n) is 3.01. The standard InChI is InChI=1S/C21H29FO2/c1-5-6-7-10-16-14-18-17(20(23)19(16)22)11-13-21(4,24-18)12-8-9-15(2)3/h9,11,13-14,23H,5-8,10,12H2,1-4H3. The van der Waals surface area contributed by atoms with Crippen molar-refractivity contribution in [3.63, 3.8) is 0 Å². The average molecular weight is 332 g/mol. The molecule has 0 saturated heterocycles. The maximum atomic E-state index is 14.4. The number of phenolic OH excluding ortho intramolecular Hbond substituents is 1. The lowest BCUT2D eigenvalue weighted by Gasteiger charge is -2.32. The van der Waals surface area contributed by atoms with Gasteiger partial charge >= 0.3 is 0 Å². The van der Waals surface area contributed by atoms with E-state index in [0.29, 0.717) is 23.3 Å². The summed E-state index contributed by atoms with van der Waals surface area (Å²) >= 11 is 0. The van der Waals surface area contributed by atoms with E-state index in [-0.39, 0.29) is 5.75 Å². The van der Waals surface area contributed by atoms with Crippen LogP contribution < -0.4 is 4.74 Å². The molecule has 1 N–H and O–H groups in total. The molecule has 0 fully saturated rings. The highest BCUT2D eigenvalue weighted by Gasteiger charge is 2.29. The summed E-state index contributed by atoms with van der Waals surface area (Å²) in [5.41, 5.74) is 1.86. The van der Waals surface area contributed by atoms with Crippen LogP contribution in [0.15, 0.2) is 23.8 Å². The predicted octanol–water partition coefficient (Wildman–Crippen LogP) is 6.17. The van der Waals surface area contributed by atoms with Gasteiger partial charge in [-0.25, -0.2) is 4.39 Å². The zero-order valence-corrected chi connectivity index (χ0v) is 15.3. The molecular formula is C21H29FO2. The van der Waals surface area contributed by atoms with E-state index in [2.05, 4.69) is 26.8 Å². The molecule has 3 heteroatoms. The first kappa shape index (κ1) is 18.6. The van der Waals surface area contributed by atoms with Crippen LogP contribution in [-0.4, -0.2) is 10.7 Å². The van der Waals surface area contributed by atoms with Gasteiger partial charge in [-0.15, -0.1) is 0 Å². The van der Waals surface area contributed by atoms with E-state index in [9.17, 15) is 9.50 Å². The van der Waals surface area contributed by atoms with E-state index >= 15 is 0 Å². The minimum atomic E-state index is -0.508. The van der Waals surface area contributed by atoms with Gasteiger partial charge in [-0.2, -0.15) is 0 Å². The smallest absolute Gasteiger partial charge is 0.168 e. The van der Waals surface area contributed by atoms with Crippen molar-refractivity contribution < 1.29 is 14.2 Å². The highest BCUT2D eigenvalue weighted by Crippen LogP contribution is 2.41. The maximum absolute atomic E-state index is 14.4. The number of allylic oxidation sites excluding steroid dienone is 2. The summed E-state index contributed by atoms with van der Waals surface area (Å²) in [5, 5.41) is 10.2. The van der Waals surface area contributed by atoms with Crippen LogP contribution in [0.4, 0.5) is 4.39 Å². The molecule has 2 nitrogen and oxygen atoms in total. The zero-order chi connectivity index (χ0) is 17.7. The molecule has 1 aliphatic rings. The number of hydrogen-bond donors (Lipinski definition) is 1. The van der Waals surface area contributed by atoms with Gasteiger partial charge in [0.15, 0.2) is 11.6 Å². The van der Waals surface area contributed by atoms with Crippen molar-refractivity contribution >= 4 is 6.08 Å². The molecule has 0 spiro atoms. The number of ether oxygens (including phenoxy) is 1. The number of hydrogen-bond acceptors (Lipinski definition) is 2. The summed E-state index contributed by atoms with van der Waals surface area (Å²) in [5.74, 6) is -0.213. The molecular weight excluding hydrogens is 303 g/mol. The van der Waals surface area contributed by atoms with Gasteiger partial charge in [-0.1, -0.05) is 31.4 Å². The second-order valence-electron chi connectivity index (χ2n) is 7.14. The van der Waals surface area contributed by atoms with Crippen molar-refractivity contribution in [2.24, 2.45) is 0 Å². The van der Waals surface area contributed by atoms with Crippen LogP contribution >= 0.6 is 0 Å². The van der Waals surface area contributed by atoms with Gasteiger partial charge in [0.05, 0.1) is 5.56 Å². The fourth-order valence-corrected chi connectivity index (χ4v) is 3.01. The average Bonchev–Trinajstić information content (AvgIpc) is 2.51. The van der Waals surface area contributed by atoms with Gasteiger partial charge in [0.25, 0.3) is 0 Å². The van der Waals surface area contributed by atoms with Gasteiger partial charge in [0.2, 0.25) is 0 Å². The van der Waals surface area contributed by atoms with E-state index in [1.165, 1.54) is 5.57 Å². The van der Waals surface area contributed by atoms with Gasteiger partial charge in [-0.05, 0) is 70.2 Å². The van der Waals surface area contributed by atoms with Crippen LogP contribution in [0.1, 0.15) is 70.9 Å². The van der Waals surface area contributed by atoms with Crippen molar-refractivity contribution in [2.45, 2.75) is 71.8 Å². The summed E-state index contributed by atoms with van der Waals surface area (Å²) in [6.45, 7) is 8.31. The number of halogens is 1. The molecule has 0 amide bonds. The molecule has 24 heavy (non-hydrogen) atoms. The van der Waals surface area contributed by atoms with Crippen LogP contribution in [0.5, 0.6) is 11.5 Å². The quantitative estimate of drug-likeness (QED) is 0.477. The van der Waals surface area contributed by atoms with Crippen LogP contribution in [0, 0.1) is 5.82 Å². The Balaban J connectivity index is 2.21. The largest absolute Gasteiger partial charge is 0.504 e. The molecule has 0 bridgehead atoms. The van der Waals surface area contributed by atoms with Crippen molar-refractivity contribution in [1.82, 2.24) is 0 Å². The Morgan fingerprint density at radius 2 is 2.08 bits per heavy atom. The number of fused-ring (bicyclic) bond motifs is 1. The molecule has 1 aliphatic heterocycles. The van der Waals surface area contributed by atoms with Crippen LogP contribution in [-0.2, 0) is 6.42 Å². The third-order valence-electron chi connectivity index (χ3n) is 4.50. The lowest BCUT2D eigenvalue weighted by molar-refractivity contribution is 0.127. The lowest BCUT2D eigenvalue weighted by Crippen LogP contribution is -2.31. The number of aryl methyl sites for hydroxylation is 1. The second kappa shape index (κ2) is 7.87. The normalized spacial score (nSPS) is 18.9. The van der Waals surface area contributed by atoms with E-state index in [0.717, 1.165) is 32.1 Å². The number of aromatic hydroxyl groups is 1. The third kappa shape index (κ3) is 4.40. The first-order valence-electron chi connectivity index (χ1n) is 8.92. The third-order valence-corrected chi connectivity index (χ3v) is 4.50. The van der Waals surface area contributed by atoms with Crippen molar-refractivity contribution in [3.05, 3.63) is 40.7 Å². The number of benzene rings is 1. The molecule has 1 aromatic carbocycles. The molecule has 0 radical (unpaired) electrons. The van der Waals surface area contributed by atoms with Crippen LogP contribution in [0.2, 0.25) is 0 Å². The SMILES string of the molecule is CCCCCc1cc2c(c(O)c1F)C=CC(C)(CCC=C(C)C)O2. The maximum Gasteiger partial charge on any atom is 0.168 e. The van der Waals surface area contributed by atoms with Gasteiger partial charge < -0.3 is 9.84 Å². The first-order valence-corrected chi connectivity index (χ1v) is 8.92. The van der Waals surface area contributed by atoms with Crippen molar-refractivity contribution in [2.75, 3.05) is 0 Å². The van der Waals surface area contributed by atoms with Crippen LogP contribution in [0.3, 0.4) is 0 Å². The lowest BCUT2D eigenvalue weighted by atomic mass is 9.93. The Hall–Kier alpha value is -1.77. The molecule has 1 aromatic rings. The summed E-state index contributed by atoms with van der Waals surface area (Å²) < 4.78 is 20.5. The van der Waals surface area contributed by atoms with E-state index in [4.69, 9.17) is 4.74 Å². The molecule has 132 valence electrons. The van der Waals surface area contributed by atoms with E-state index < -0.39 is 11.4 Å². The zero-order valence-electron chi connectivity index (χ0n) is 15.3. The molecule has 1 heterocycles. The molecule has 1 unspecified atom stereocenters. The molecule has 1 atom stereocenters. The van der Waals surface area contributed by atoms with E-state index in [1.54, 1.807) is 12.1 Å². The van der Waals surface area contributed by atoms with Crippen molar-refractivity contribution in [1.29, 1.82) is 0 Å². The topological polar surface area (TPSA) is 29.5 Å². The fraction of sp³-hybridized carbons (Fsp3) is 0.524. The Morgan fingerprint density at radius 1 is 1.33 bits per heavy atom. The van der Waals surface area contributed by atoms with Gasteiger partial charge in [-0.3, -0.25) is 0 Å². The molecule has 0 aliphatic carbocycles. The summed E-state index contributed by atoms with van der Waals surface area (Å²) in [4.78, 5) is 0. The summed E-state index contributed by atoms with van der Waals surface area (Å²) in [6.07, 6.45) is 11.3. The second-order valence-corrected chi connectivity index (χ2v) is 7.14. The molecule has 0 saturated carbocycles. The highest BCUT2D eigenvalue weighted by molar-refractivity contribution is 5.68. The van der Waals surface area contributed by atoms with Crippen molar-refractivity contribution in [3.8, 4) is 11.5 Å². The summed E-state index contributed by atoms with van der Waals surface area (Å²) in [7, 11) is 0. The molecule has 0 aromatic heterocycles. The number of rotatable bonds is 7. The van der Waals surface area contributed by atoms with Crippen LogP contribution in [0.25, 0.3) is 6.08 Å². The first-order chi connectivity index (χ1) is 11.4. The number of unbranched alkanes of at least 4 members (excludes halogenated alkanes) is 2. The highest BCUT2D eigenvalue weighted by atomic mass is 19.1. The van der Waals surface area contributed by atoms with Gasteiger partial charge in [0.1, 0.15) is 11.4 Å². The Bertz CT molecular complexity index is 642. The minimum Gasteiger partial charge on any atom is -0.504 e. The predicted molar refractivity (Wildman–Crippen MR) is 98.0 cm³/mol. The monoisotopic (exact) mass is 332 g/mol. The number of phenols is 1. The Morgan fingerprint density at radius 3 is 2.75 bits per heavy atom. The summed E-state index contributed by atoms with van der Waals surface area (Å²) in [6, 6.07) is 1.77. The van der Waals surface area contributed by atoms with Gasteiger partial charge in [0, 0.05) is 0 Å². The minimum absolute atomic E-state index is 0.290.